The van der Waals surface area contributed by atoms with E-state index in [0.717, 1.165) is 16.7 Å². The van der Waals surface area contributed by atoms with E-state index in [1.54, 1.807) is 56.7 Å². The number of rotatable bonds is 6. The van der Waals surface area contributed by atoms with Crippen LogP contribution < -0.4 is 18.9 Å². The molecule has 0 N–H and O–H groups in total. The van der Waals surface area contributed by atoms with Gasteiger partial charge in [-0.15, -0.1) is 0 Å². The maximum Gasteiger partial charge on any atom is 0.231 e. The van der Waals surface area contributed by atoms with E-state index in [1.807, 2.05) is 19.1 Å². The number of ether oxygens (including phenoxy) is 4. The smallest absolute Gasteiger partial charge is 0.231 e. The second kappa shape index (κ2) is 9.15. The summed E-state index contributed by atoms with van der Waals surface area (Å²) in [7, 11) is 3.13. The van der Waals surface area contributed by atoms with Crippen molar-refractivity contribution in [3.63, 3.8) is 0 Å². The minimum atomic E-state index is -0.186. The molecular weight excluding hydrogens is 451 g/mol. The Morgan fingerprint density at radius 2 is 1.66 bits per heavy atom. The van der Waals surface area contributed by atoms with Crippen molar-refractivity contribution in [1.29, 1.82) is 0 Å². The number of hydrogen-bond acceptors (Lipinski definition) is 5. The molecule has 1 heterocycles. The first kappa shape index (κ1) is 22.1. The second-order valence-electron chi connectivity index (χ2n) is 7.16. The maximum absolute atomic E-state index is 12.9. The molecule has 32 heavy (non-hydrogen) atoms. The van der Waals surface area contributed by atoms with Gasteiger partial charge in [-0.2, -0.15) is 0 Å². The Morgan fingerprint density at radius 1 is 0.906 bits per heavy atom. The Labute approximate surface area is 196 Å². The molecule has 164 valence electrons. The van der Waals surface area contributed by atoms with Gasteiger partial charge in [-0.05, 0) is 60.5 Å². The summed E-state index contributed by atoms with van der Waals surface area (Å²) in [5.74, 6) is 2.34. The van der Waals surface area contributed by atoms with Crippen molar-refractivity contribution in [2.45, 2.75) is 13.5 Å². The van der Waals surface area contributed by atoms with Crippen molar-refractivity contribution in [3.8, 4) is 23.0 Å². The minimum Gasteiger partial charge on any atom is -0.493 e. The summed E-state index contributed by atoms with van der Waals surface area (Å²) in [4.78, 5) is 12.9. The van der Waals surface area contributed by atoms with Crippen LogP contribution in [0.5, 0.6) is 23.0 Å². The fourth-order valence-electron chi connectivity index (χ4n) is 3.41. The molecule has 0 atom stereocenters. The molecule has 7 heteroatoms. The van der Waals surface area contributed by atoms with E-state index in [4.69, 9.17) is 42.1 Å². The van der Waals surface area contributed by atoms with Crippen LogP contribution in [-0.4, -0.2) is 20.0 Å². The van der Waals surface area contributed by atoms with Gasteiger partial charge in [-0.3, -0.25) is 4.79 Å². The molecule has 4 rings (SSSR count). The van der Waals surface area contributed by atoms with E-state index in [9.17, 15) is 4.79 Å². The summed E-state index contributed by atoms with van der Waals surface area (Å²) >= 11 is 12.0. The predicted octanol–water partition coefficient (Wildman–Crippen LogP) is 6.51. The molecule has 0 saturated carbocycles. The standard InChI is InChI=1S/C25H20Cl2O5/c1-14-20(31-13-16-4-7-18(26)19(27)10-16)9-6-17-24(28)23(32-25(14)17)12-15-5-8-21(29-2)22(11-15)30-3/h4-12H,13H2,1-3H3/b23-12-. The zero-order chi connectivity index (χ0) is 22.8. The molecule has 0 fully saturated rings. The highest BCUT2D eigenvalue weighted by Gasteiger charge is 2.30. The van der Waals surface area contributed by atoms with Gasteiger partial charge in [0.15, 0.2) is 17.3 Å². The highest BCUT2D eigenvalue weighted by Crippen LogP contribution is 2.40. The lowest BCUT2D eigenvalue weighted by atomic mass is 10.1. The normalized spacial score (nSPS) is 13.7. The van der Waals surface area contributed by atoms with E-state index < -0.39 is 0 Å². The van der Waals surface area contributed by atoms with Gasteiger partial charge >= 0.3 is 0 Å². The molecule has 0 saturated heterocycles. The quantitative estimate of drug-likeness (QED) is 0.384. The fourth-order valence-corrected chi connectivity index (χ4v) is 3.73. The third-order valence-electron chi connectivity index (χ3n) is 5.12. The first-order chi connectivity index (χ1) is 15.4. The van der Waals surface area contributed by atoms with Crippen LogP contribution in [0.1, 0.15) is 27.0 Å². The van der Waals surface area contributed by atoms with Crippen LogP contribution >= 0.6 is 23.2 Å². The third kappa shape index (κ3) is 4.27. The van der Waals surface area contributed by atoms with Crippen molar-refractivity contribution in [3.05, 3.63) is 86.6 Å². The largest absolute Gasteiger partial charge is 0.493 e. The number of fused-ring (bicyclic) bond motifs is 1. The topological polar surface area (TPSA) is 54.0 Å². The summed E-state index contributed by atoms with van der Waals surface area (Å²) in [6, 6.07) is 14.2. The predicted molar refractivity (Wildman–Crippen MR) is 124 cm³/mol. The average molecular weight is 471 g/mol. The Bertz CT molecular complexity index is 1230. The van der Waals surface area contributed by atoms with E-state index in [-0.39, 0.29) is 11.5 Å². The van der Waals surface area contributed by atoms with Crippen LogP contribution in [0.25, 0.3) is 6.08 Å². The molecule has 0 aromatic heterocycles. The van der Waals surface area contributed by atoms with Crippen LogP contribution in [0, 0.1) is 6.92 Å². The molecule has 0 unspecified atom stereocenters. The first-order valence-corrected chi connectivity index (χ1v) is 10.5. The third-order valence-corrected chi connectivity index (χ3v) is 5.86. The summed E-state index contributed by atoms with van der Waals surface area (Å²) in [5.41, 5.74) is 2.88. The molecule has 1 aliphatic rings. The number of allylic oxidation sites excluding steroid dienone is 1. The summed E-state index contributed by atoms with van der Waals surface area (Å²) in [6.45, 7) is 2.16. The van der Waals surface area contributed by atoms with Gasteiger partial charge in [0, 0.05) is 5.56 Å². The summed E-state index contributed by atoms with van der Waals surface area (Å²) in [5, 5.41) is 0.960. The number of Topliss-reactive ketones (excluding diaryl/α,β-unsaturated/α-hetero) is 1. The number of methoxy groups -OCH3 is 2. The average Bonchev–Trinajstić information content (AvgIpc) is 3.11. The van der Waals surface area contributed by atoms with E-state index in [2.05, 4.69) is 0 Å². The van der Waals surface area contributed by atoms with E-state index >= 15 is 0 Å². The zero-order valence-corrected chi connectivity index (χ0v) is 19.2. The number of benzene rings is 3. The fraction of sp³-hybridized carbons (Fsp3) is 0.160. The van der Waals surface area contributed by atoms with Crippen LogP contribution in [0.15, 0.2) is 54.3 Å². The van der Waals surface area contributed by atoms with E-state index in [0.29, 0.717) is 45.2 Å². The Morgan fingerprint density at radius 3 is 2.38 bits per heavy atom. The maximum atomic E-state index is 12.9. The van der Waals surface area contributed by atoms with Crippen LogP contribution in [0.4, 0.5) is 0 Å². The van der Waals surface area contributed by atoms with Gasteiger partial charge in [0.25, 0.3) is 0 Å². The Kier molecular flexibility index (Phi) is 6.31. The minimum absolute atomic E-state index is 0.186. The molecule has 3 aromatic carbocycles. The molecular formula is C25H20Cl2O5. The molecule has 5 nitrogen and oxygen atoms in total. The van der Waals surface area contributed by atoms with Gasteiger partial charge in [0.2, 0.25) is 5.78 Å². The van der Waals surface area contributed by atoms with Crippen LogP contribution in [0.2, 0.25) is 10.0 Å². The zero-order valence-electron chi connectivity index (χ0n) is 17.7. The highest BCUT2D eigenvalue weighted by molar-refractivity contribution is 6.42. The van der Waals surface area contributed by atoms with Gasteiger partial charge in [0.05, 0.1) is 29.8 Å². The monoisotopic (exact) mass is 470 g/mol. The number of ketones is 1. The number of hydrogen-bond donors (Lipinski definition) is 0. The highest BCUT2D eigenvalue weighted by atomic mass is 35.5. The molecule has 0 radical (unpaired) electrons. The van der Waals surface area contributed by atoms with Crippen molar-refractivity contribution in [2.75, 3.05) is 14.2 Å². The molecule has 0 amide bonds. The van der Waals surface area contributed by atoms with Gasteiger partial charge < -0.3 is 18.9 Å². The molecule has 0 bridgehead atoms. The van der Waals surface area contributed by atoms with Crippen molar-refractivity contribution >= 4 is 35.1 Å². The Balaban J connectivity index is 1.56. The van der Waals surface area contributed by atoms with Crippen molar-refractivity contribution < 1.29 is 23.7 Å². The lowest BCUT2D eigenvalue weighted by Crippen LogP contribution is -1.98. The second-order valence-corrected chi connectivity index (χ2v) is 7.97. The molecule has 0 aliphatic carbocycles. The number of carbonyl (C=O) groups excluding carboxylic acids is 1. The lowest BCUT2D eigenvalue weighted by molar-refractivity contribution is 0.101. The van der Waals surface area contributed by atoms with Crippen molar-refractivity contribution in [2.24, 2.45) is 0 Å². The molecule has 0 spiro atoms. The summed E-state index contributed by atoms with van der Waals surface area (Å²) < 4.78 is 22.5. The SMILES string of the molecule is COc1ccc(/C=C2\Oc3c(ccc(OCc4ccc(Cl)c(Cl)c4)c3C)C2=O)cc1OC. The lowest BCUT2D eigenvalue weighted by Gasteiger charge is -2.12. The van der Waals surface area contributed by atoms with E-state index in [1.165, 1.54) is 0 Å². The number of halogens is 2. The number of carbonyl (C=O) groups is 1. The van der Waals surface area contributed by atoms with Gasteiger partial charge in [-0.1, -0.05) is 35.3 Å². The van der Waals surface area contributed by atoms with Gasteiger partial charge in [-0.25, -0.2) is 0 Å². The van der Waals surface area contributed by atoms with Gasteiger partial charge in [0.1, 0.15) is 18.1 Å². The molecule has 3 aromatic rings. The first-order valence-electron chi connectivity index (χ1n) is 9.78. The van der Waals surface area contributed by atoms with Crippen LogP contribution in [0.3, 0.4) is 0 Å². The van der Waals surface area contributed by atoms with Crippen molar-refractivity contribution in [1.82, 2.24) is 0 Å². The summed E-state index contributed by atoms with van der Waals surface area (Å²) in [6.07, 6.45) is 1.68. The van der Waals surface area contributed by atoms with Crippen LogP contribution in [-0.2, 0) is 6.61 Å². The Hall–Kier alpha value is -3.15. The molecule has 1 aliphatic heterocycles.